The molecule has 0 heterocycles. The van der Waals surface area contributed by atoms with Gasteiger partial charge in [0.05, 0.1) is 0 Å². The van der Waals surface area contributed by atoms with Crippen LogP contribution < -0.4 is 21.2 Å². The summed E-state index contributed by atoms with van der Waals surface area (Å²) in [7, 11) is 0. The van der Waals surface area contributed by atoms with Crippen molar-refractivity contribution >= 4 is 27.8 Å². The summed E-state index contributed by atoms with van der Waals surface area (Å²) >= 11 is 0. The first-order valence-corrected chi connectivity index (χ1v) is 12.1. The van der Waals surface area contributed by atoms with Gasteiger partial charge in [0, 0.05) is 0 Å². The molecule has 0 unspecified atom stereocenters. The Labute approximate surface area is 168 Å². The summed E-state index contributed by atoms with van der Waals surface area (Å²) in [6.07, 6.45) is 2.99. The van der Waals surface area contributed by atoms with Gasteiger partial charge in [-0.25, -0.2) is 0 Å². The molecule has 4 rings (SSSR count). The van der Waals surface area contributed by atoms with Gasteiger partial charge >= 0.3 is 168 Å². The van der Waals surface area contributed by atoms with Gasteiger partial charge in [-0.2, -0.15) is 0 Å². The molecular weight excluding hydrogens is 355 g/mol. The van der Waals surface area contributed by atoms with Crippen LogP contribution in [-0.4, -0.2) is 6.16 Å². The quantitative estimate of drug-likeness (QED) is 0.325. The molecule has 0 atom stereocenters. The maximum absolute atomic E-state index is 4.23. The van der Waals surface area contributed by atoms with Crippen LogP contribution in [0.2, 0.25) is 0 Å². The number of benzene rings is 4. The van der Waals surface area contributed by atoms with Crippen LogP contribution >= 0.6 is 6.60 Å². The number of allylic oxidation sites excluding steroid dienone is 1. The van der Waals surface area contributed by atoms with Crippen molar-refractivity contribution in [3.8, 4) is 0 Å². The Morgan fingerprint density at radius 3 is 0.929 bits per heavy atom. The Morgan fingerprint density at radius 1 is 0.464 bits per heavy atom. The number of hydrogen-bond donors (Lipinski definition) is 0. The van der Waals surface area contributed by atoms with E-state index >= 15 is 0 Å². The Morgan fingerprint density at radius 2 is 0.714 bits per heavy atom. The number of rotatable bonds is 6. The van der Waals surface area contributed by atoms with Gasteiger partial charge in [0.25, 0.3) is 0 Å². The van der Waals surface area contributed by atoms with Crippen LogP contribution in [0.25, 0.3) is 0 Å². The zero-order chi connectivity index (χ0) is 19.3. The van der Waals surface area contributed by atoms with Crippen LogP contribution in [0.4, 0.5) is 0 Å². The first-order chi connectivity index (χ1) is 13.8. The van der Waals surface area contributed by atoms with Gasteiger partial charge in [-0.3, -0.25) is 0 Å². The molecule has 0 fully saturated rings. The van der Waals surface area contributed by atoms with Gasteiger partial charge in [0.2, 0.25) is 0 Å². The summed E-state index contributed by atoms with van der Waals surface area (Å²) < 4.78 is 0. The first-order valence-electron chi connectivity index (χ1n) is 9.67. The van der Waals surface area contributed by atoms with E-state index in [4.69, 9.17) is 0 Å². The minimum absolute atomic E-state index is 0.883. The summed E-state index contributed by atoms with van der Waals surface area (Å²) in [6.45, 7) is 1.24. The Bertz CT molecular complexity index is 869. The third kappa shape index (κ3) is 2.57. The second-order valence-electron chi connectivity index (χ2n) is 7.12. The molecule has 0 spiro atoms. The maximum atomic E-state index is 4.23. The zero-order valence-corrected chi connectivity index (χ0v) is 16.9. The Hall–Kier alpha value is -2.95. The fourth-order valence-corrected chi connectivity index (χ4v) is 11.1. The summed E-state index contributed by atoms with van der Waals surface area (Å²) in [5.74, 6) is 0. The molecule has 0 aliphatic heterocycles. The second kappa shape index (κ2) is 7.58. The molecule has 0 aromatic heterocycles. The van der Waals surface area contributed by atoms with E-state index in [0.29, 0.717) is 0 Å². The SMILES string of the molecule is C=CCP(c1ccccc1)(c1ccccc1)(c1ccccc1)c1ccccc1. The van der Waals surface area contributed by atoms with Gasteiger partial charge in [-0.15, -0.1) is 0 Å². The third-order valence-corrected chi connectivity index (χ3v) is 12.5. The average molecular weight is 380 g/mol. The van der Waals surface area contributed by atoms with Gasteiger partial charge < -0.3 is 0 Å². The molecule has 138 valence electrons. The van der Waals surface area contributed by atoms with Crippen molar-refractivity contribution in [1.82, 2.24) is 0 Å². The average Bonchev–Trinajstić information content (AvgIpc) is 2.80. The Balaban J connectivity index is 2.30. The van der Waals surface area contributed by atoms with E-state index in [-0.39, 0.29) is 0 Å². The molecule has 4 aromatic carbocycles. The van der Waals surface area contributed by atoms with Crippen LogP contribution in [0.5, 0.6) is 0 Å². The molecule has 0 amide bonds. The topological polar surface area (TPSA) is 0 Å². The van der Waals surface area contributed by atoms with E-state index in [1.807, 2.05) is 0 Å². The van der Waals surface area contributed by atoms with Gasteiger partial charge in [-0.1, -0.05) is 0 Å². The predicted octanol–water partition coefficient (Wildman–Crippen LogP) is 5.03. The van der Waals surface area contributed by atoms with Gasteiger partial charge in [0.1, 0.15) is 0 Å². The van der Waals surface area contributed by atoms with Gasteiger partial charge in [-0.05, 0) is 0 Å². The molecular formula is C27H25P. The van der Waals surface area contributed by atoms with E-state index in [1.165, 1.54) is 21.2 Å². The summed E-state index contributed by atoms with van der Waals surface area (Å²) in [6, 6.07) is 44.1. The van der Waals surface area contributed by atoms with E-state index < -0.39 is 6.60 Å². The van der Waals surface area contributed by atoms with Crippen LogP contribution in [-0.2, 0) is 0 Å². The predicted molar refractivity (Wildman–Crippen MR) is 126 cm³/mol. The molecule has 0 aliphatic rings. The van der Waals surface area contributed by atoms with E-state index in [2.05, 4.69) is 134 Å². The van der Waals surface area contributed by atoms with Crippen molar-refractivity contribution in [2.24, 2.45) is 0 Å². The van der Waals surface area contributed by atoms with E-state index in [1.54, 1.807) is 0 Å². The molecule has 4 aromatic rings. The second-order valence-corrected chi connectivity index (χ2v) is 12.2. The van der Waals surface area contributed by atoms with Crippen molar-refractivity contribution in [2.45, 2.75) is 0 Å². The zero-order valence-electron chi connectivity index (χ0n) is 16.0. The van der Waals surface area contributed by atoms with Crippen LogP contribution in [0.3, 0.4) is 0 Å². The van der Waals surface area contributed by atoms with Crippen LogP contribution in [0.15, 0.2) is 134 Å². The summed E-state index contributed by atoms with van der Waals surface area (Å²) in [4.78, 5) is 0. The van der Waals surface area contributed by atoms with E-state index in [0.717, 1.165) is 6.16 Å². The summed E-state index contributed by atoms with van der Waals surface area (Å²) in [5.41, 5.74) is 0. The molecule has 0 bridgehead atoms. The molecule has 28 heavy (non-hydrogen) atoms. The standard InChI is InChI=1S/C27H25P/c1-2-23-28(24-15-7-3-8-16-24,25-17-9-4-10-18-25,26-19-11-5-12-20-26)27-21-13-6-14-22-27/h2-22H,1,23H2. The van der Waals surface area contributed by atoms with Crippen molar-refractivity contribution in [1.29, 1.82) is 0 Å². The van der Waals surface area contributed by atoms with Crippen molar-refractivity contribution in [2.75, 3.05) is 6.16 Å². The molecule has 0 N–H and O–H groups in total. The fraction of sp³-hybridized carbons (Fsp3) is 0.0370. The molecule has 0 radical (unpaired) electrons. The number of hydrogen-bond acceptors (Lipinski definition) is 0. The summed E-state index contributed by atoms with van der Waals surface area (Å²) in [5, 5.41) is 5.49. The van der Waals surface area contributed by atoms with Crippen molar-refractivity contribution < 1.29 is 0 Å². The molecule has 1 heteroatoms. The van der Waals surface area contributed by atoms with E-state index in [9.17, 15) is 0 Å². The fourth-order valence-electron chi connectivity index (χ4n) is 4.60. The molecule has 0 nitrogen and oxygen atoms in total. The monoisotopic (exact) mass is 380 g/mol. The van der Waals surface area contributed by atoms with Crippen LogP contribution in [0, 0.1) is 0 Å². The first kappa shape index (κ1) is 18.4. The van der Waals surface area contributed by atoms with Crippen molar-refractivity contribution in [3.05, 3.63) is 134 Å². The normalized spacial score (nSPS) is 12.6. The van der Waals surface area contributed by atoms with Crippen molar-refractivity contribution in [3.63, 3.8) is 0 Å². The van der Waals surface area contributed by atoms with Crippen LogP contribution in [0.1, 0.15) is 0 Å². The molecule has 0 saturated carbocycles. The Kier molecular flexibility index (Phi) is 4.99. The van der Waals surface area contributed by atoms with Gasteiger partial charge in [0.15, 0.2) is 0 Å². The minimum atomic E-state index is -2.99. The molecule has 0 aliphatic carbocycles. The third-order valence-electron chi connectivity index (χ3n) is 5.80. The molecule has 0 saturated heterocycles.